The van der Waals surface area contributed by atoms with Gasteiger partial charge in [-0.1, -0.05) is 11.8 Å². The van der Waals surface area contributed by atoms with Crippen molar-refractivity contribution in [2.75, 3.05) is 11.1 Å². The third-order valence-corrected chi connectivity index (χ3v) is 3.50. The quantitative estimate of drug-likeness (QED) is 0.664. The molecule has 1 aromatic heterocycles. The number of nitrogens with one attached hydrogen (secondary N) is 1. The third-order valence-electron chi connectivity index (χ3n) is 2.51. The molecule has 2 N–H and O–H groups in total. The number of benzene rings is 1. The standard InChI is InChI=1S/C14H11F3N2O2S/c15-14(16,17)8-22-12-7-9(5-6-18-12)13(21)19-10-1-3-11(20)4-2-10/h1-7,20H,8H2,(H,19,21). The Bertz CT molecular complexity index is 660. The van der Waals surface area contributed by atoms with Crippen LogP contribution in [-0.4, -0.2) is 27.9 Å². The number of pyridine rings is 1. The van der Waals surface area contributed by atoms with Crippen molar-refractivity contribution in [3.63, 3.8) is 0 Å². The van der Waals surface area contributed by atoms with Gasteiger partial charge in [-0.15, -0.1) is 0 Å². The topological polar surface area (TPSA) is 62.2 Å². The fourth-order valence-corrected chi connectivity index (χ4v) is 2.19. The molecule has 0 aliphatic carbocycles. The number of thioether (sulfide) groups is 1. The first-order valence-corrected chi connectivity index (χ1v) is 7.08. The number of nitrogens with zero attached hydrogens (tertiary/aromatic N) is 1. The molecule has 2 rings (SSSR count). The summed E-state index contributed by atoms with van der Waals surface area (Å²) in [4.78, 5) is 15.8. The maximum Gasteiger partial charge on any atom is 0.398 e. The summed E-state index contributed by atoms with van der Waals surface area (Å²) in [5.41, 5.74) is 0.664. The van der Waals surface area contributed by atoms with E-state index in [0.717, 1.165) is 0 Å². The van der Waals surface area contributed by atoms with E-state index in [1.807, 2.05) is 0 Å². The molecule has 1 aromatic carbocycles. The number of amides is 1. The van der Waals surface area contributed by atoms with Crippen LogP contribution in [0, 0.1) is 0 Å². The molecule has 0 atom stereocenters. The van der Waals surface area contributed by atoms with Crippen molar-refractivity contribution in [3.05, 3.63) is 48.2 Å². The molecule has 0 aliphatic heterocycles. The molecule has 1 amide bonds. The molecule has 0 fully saturated rings. The molecule has 22 heavy (non-hydrogen) atoms. The van der Waals surface area contributed by atoms with Gasteiger partial charge in [0.15, 0.2) is 0 Å². The minimum Gasteiger partial charge on any atom is -0.508 e. The van der Waals surface area contributed by atoms with Crippen LogP contribution in [0.2, 0.25) is 0 Å². The van der Waals surface area contributed by atoms with Crippen LogP contribution in [0.5, 0.6) is 5.75 Å². The van der Waals surface area contributed by atoms with Gasteiger partial charge >= 0.3 is 6.18 Å². The van der Waals surface area contributed by atoms with Gasteiger partial charge in [0, 0.05) is 17.4 Å². The summed E-state index contributed by atoms with van der Waals surface area (Å²) in [6.45, 7) is 0. The van der Waals surface area contributed by atoms with E-state index in [1.165, 1.54) is 42.6 Å². The molecule has 0 saturated carbocycles. The molecule has 116 valence electrons. The summed E-state index contributed by atoms with van der Waals surface area (Å²) in [5.74, 6) is -1.47. The Hall–Kier alpha value is -2.22. The fourth-order valence-electron chi connectivity index (χ4n) is 1.53. The minimum absolute atomic E-state index is 0.0627. The highest BCUT2D eigenvalue weighted by atomic mass is 32.2. The Morgan fingerprint density at radius 3 is 2.55 bits per heavy atom. The van der Waals surface area contributed by atoms with Crippen LogP contribution in [0.3, 0.4) is 0 Å². The summed E-state index contributed by atoms with van der Waals surface area (Å²) in [7, 11) is 0. The van der Waals surface area contributed by atoms with Gasteiger partial charge in [-0.3, -0.25) is 4.79 Å². The van der Waals surface area contributed by atoms with Crippen molar-refractivity contribution >= 4 is 23.4 Å². The van der Waals surface area contributed by atoms with Crippen LogP contribution in [0.1, 0.15) is 10.4 Å². The van der Waals surface area contributed by atoms with Crippen molar-refractivity contribution in [2.45, 2.75) is 11.2 Å². The predicted octanol–water partition coefficient (Wildman–Crippen LogP) is 3.69. The average molecular weight is 328 g/mol. The molecular weight excluding hydrogens is 317 g/mol. The Balaban J connectivity index is 2.05. The van der Waals surface area contributed by atoms with Crippen LogP contribution >= 0.6 is 11.8 Å². The number of aromatic nitrogens is 1. The van der Waals surface area contributed by atoms with E-state index < -0.39 is 17.8 Å². The van der Waals surface area contributed by atoms with Gasteiger partial charge in [-0.2, -0.15) is 13.2 Å². The van der Waals surface area contributed by atoms with Gasteiger partial charge < -0.3 is 10.4 Å². The maximum atomic E-state index is 12.2. The van der Waals surface area contributed by atoms with E-state index in [9.17, 15) is 18.0 Å². The van der Waals surface area contributed by atoms with Gasteiger partial charge in [0.25, 0.3) is 5.91 Å². The smallest absolute Gasteiger partial charge is 0.398 e. The molecule has 1 heterocycles. The number of rotatable bonds is 4. The monoisotopic (exact) mass is 328 g/mol. The van der Waals surface area contributed by atoms with Crippen molar-refractivity contribution in [3.8, 4) is 5.75 Å². The zero-order valence-corrected chi connectivity index (χ0v) is 11.9. The summed E-state index contributed by atoms with van der Waals surface area (Å²) in [5, 5.41) is 11.9. The lowest BCUT2D eigenvalue weighted by Crippen LogP contribution is -2.13. The zero-order chi connectivity index (χ0) is 16.2. The Labute approximate surface area is 128 Å². The Kier molecular flexibility index (Phi) is 4.92. The molecule has 8 heteroatoms. The average Bonchev–Trinajstić information content (AvgIpc) is 2.47. The van der Waals surface area contributed by atoms with Gasteiger partial charge in [-0.25, -0.2) is 4.98 Å². The summed E-state index contributed by atoms with van der Waals surface area (Å²) >= 11 is 0.518. The largest absolute Gasteiger partial charge is 0.508 e. The second-order valence-corrected chi connectivity index (χ2v) is 5.28. The van der Waals surface area contributed by atoms with E-state index in [1.54, 1.807) is 0 Å². The van der Waals surface area contributed by atoms with Crippen molar-refractivity contribution < 1.29 is 23.1 Å². The van der Waals surface area contributed by atoms with Crippen LogP contribution < -0.4 is 5.32 Å². The van der Waals surface area contributed by atoms with Crippen molar-refractivity contribution in [2.24, 2.45) is 0 Å². The molecule has 4 nitrogen and oxygen atoms in total. The Morgan fingerprint density at radius 1 is 1.23 bits per heavy atom. The van der Waals surface area contributed by atoms with Gasteiger partial charge in [0.1, 0.15) is 5.75 Å². The minimum atomic E-state index is -4.29. The highest BCUT2D eigenvalue weighted by Crippen LogP contribution is 2.26. The summed E-state index contributed by atoms with van der Waals surface area (Å²) in [6.07, 6.45) is -3.01. The molecule has 0 radical (unpaired) electrons. The van der Waals surface area contributed by atoms with Crippen LogP contribution in [0.15, 0.2) is 47.6 Å². The van der Waals surface area contributed by atoms with Crippen LogP contribution in [0.25, 0.3) is 0 Å². The van der Waals surface area contributed by atoms with E-state index >= 15 is 0 Å². The number of anilines is 1. The number of phenolic OH excluding ortho intramolecular Hbond substituents is 1. The number of carbonyl (C=O) groups excluding carboxylic acids is 1. The fraction of sp³-hybridized carbons (Fsp3) is 0.143. The second kappa shape index (κ2) is 6.69. The number of phenols is 1. The van der Waals surface area contributed by atoms with Crippen molar-refractivity contribution in [1.29, 1.82) is 0 Å². The third kappa shape index (κ3) is 4.96. The molecule has 0 aliphatic rings. The number of aromatic hydroxyl groups is 1. The lowest BCUT2D eigenvalue weighted by atomic mass is 10.2. The molecule has 0 unspecified atom stereocenters. The van der Waals surface area contributed by atoms with E-state index in [4.69, 9.17) is 5.11 Å². The maximum absolute atomic E-state index is 12.2. The highest BCUT2D eigenvalue weighted by Gasteiger charge is 2.27. The van der Waals surface area contributed by atoms with E-state index in [2.05, 4.69) is 10.3 Å². The SMILES string of the molecule is O=C(Nc1ccc(O)cc1)c1ccnc(SCC(F)(F)F)c1. The van der Waals surface area contributed by atoms with Crippen LogP contribution in [0.4, 0.5) is 18.9 Å². The Morgan fingerprint density at radius 2 is 1.91 bits per heavy atom. The van der Waals surface area contributed by atoms with Crippen molar-refractivity contribution in [1.82, 2.24) is 4.98 Å². The zero-order valence-electron chi connectivity index (χ0n) is 11.1. The first-order chi connectivity index (χ1) is 10.3. The number of carbonyl (C=O) groups is 1. The molecular formula is C14H11F3N2O2S. The normalized spacial score (nSPS) is 11.2. The lowest BCUT2D eigenvalue weighted by molar-refractivity contribution is -0.105. The molecule has 0 bridgehead atoms. The summed E-state index contributed by atoms with van der Waals surface area (Å²) in [6, 6.07) is 8.54. The van der Waals surface area contributed by atoms with Gasteiger partial charge in [0.2, 0.25) is 0 Å². The molecule has 0 saturated heterocycles. The number of hydrogen-bond donors (Lipinski definition) is 2. The molecule has 0 spiro atoms. The first-order valence-electron chi connectivity index (χ1n) is 6.09. The molecule has 2 aromatic rings. The second-order valence-electron chi connectivity index (χ2n) is 4.29. The number of alkyl halides is 3. The highest BCUT2D eigenvalue weighted by molar-refractivity contribution is 7.99. The van der Waals surface area contributed by atoms with E-state index in [-0.39, 0.29) is 16.3 Å². The number of hydrogen-bond acceptors (Lipinski definition) is 4. The summed E-state index contributed by atoms with van der Waals surface area (Å²) < 4.78 is 36.5. The predicted molar refractivity (Wildman–Crippen MR) is 77.1 cm³/mol. The van der Waals surface area contributed by atoms with Crippen LogP contribution in [-0.2, 0) is 0 Å². The number of halogens is 3. The van der Waals surface area contributed by atoms with Gasteiger partial charge in [0.05, 0.1) is 10.8 Å². The van der Waals surface area contributed by atoms with E-state index in [0.29, 0.717) is 17.4 Å². The van der Waals surface area contributed by atoms with Gasteiger partial charge in [-0.05, 0) is 36.4 Å². The first kappa shape index (κ1) is 16.2. The lowest BCUT2D eigenvalue weighted by Gasteiger charge is -2.08.